The second-order valence-electron chi connectivity index (χ2n) is 4.70. The summed E-state index contributed by atoms with van der Waals surface area (Å²) in [5, 5.41) is 0. The Bertz CT molecular complexity index is 347. The molecule has 2 rings (SSSR count). The van der Waals surface area contributed by atoms with Gasteiger partial charge in [-0.25, -0.2) is 9.97 Å². The van der Waals surface area contributed by atoms with Crippen molar-refractivity contribution in [2.75, 3.05) is 36.5 Å². The van der Waals surface area contributed by atoms with Crippen LogP contribution in [-0.4, -0.2) is 36.6 Å². The van der Waals surface area contributed by atoms with E-state index in [0.29, 0.717) is 0 Å². The van der Waals surface area contributed by atoms with E-state index in [-0.39, 0.29) is 0 Å². The first-order chi connectivity index (χ1) is 8.31. The van der Waals surface area contributed by atoms with Crippen LogP contribution in [-0.2, 0) is 0 Å². The van der Waals surface area contributed by atoms with Crippen molar-refractivity contribution in [1.29, 1.82) is 0 Å². The number of aromatic nitrogens is 2. The molecule has 4 nitrogen and oxygen atoms in total. The SMILES string of the molecule is CCCN(C)c1cc(N2CCCCC2)ncn1. The van der Waals surface area contributed by atoms with Crippen molar-refractivity contribution in [1.82, 2.24) is 9.97 Å². The fraction of sp³-hybridized carbons (Fsp3) is 0.692. The van der Waals surface area contributed by atoms with E-state index >= 15 is 0 Å². The molecule has 0 unspecified atom stereocenters. The minimum absolute atomic E-state index is 1.03. The molecule has 0 radical (unpaired) electrons. The highest BCUT2D eigenvalue weighted by Crippen LogP contribution is 2.20. The van der Waals surface area contributed by atoms with Gasteiger partial charge >= 0.3 is 0 Å². The van der Waals surface area contributed by atoms with Crippen LogP contribution in [0.5, 0.6) is 0 Å². The lowest BCUT2D eigenvalue weighted by Gasteiger charge is -2.28. The molecule has 17 heavy (non-hydrogen) atoms. The second-order valence-corrected chi connectivity index (χ2v) is 4.70. The number of piperidine rings is 1. The van der Waals surface area contributed by atoms with Gasteiger partial charge in [0.15, 0.2) is 0 Å². The zero-order valence-corrected chi connectivity index (χ0v) is 10.9. The van der Waals surface area contributed by atoms with Crippen molar-refractivity contribution >= 4 is 11.6 Å². The molecule has 1 saturated heterocycles. The summed E-state index contributed by atoms with van der Waals surface area (Å²) >= 11 is 0. The average Bonchev–Trinajstić information content (AvgIpc) is 2.40. The summed E-state index contributed by atoms with van der Waals surface area (Å²) < 4.78 is 0. The van der Waals surface area contributed by atoms with Crippen LogP contribution in [0.4, 0.5) is 11.6 Å². The molecule has 1 aliphatic heterocycles. The molecule has 0 aromatic carbocycles. The minimum atomic E-state index is 1.03. The maximum absolute atomic E-state index is 4.39. The van der Waals surface area contributed by atoms with Crippen molar-refractivity contribution in [2.24, 2.45) is 0 Å². The van der Waals surface area contributed by atoms with E-state index in [9.17, 15) is 0 Å². The zero-order chi connectivity index (χ0) is 12.1. The average molecular weight is 234 g/mol. The second kappa shape index (κ2) is 5.84. The fourth-order valence-corrected chi connectivity index (χ4v) is 2.29. The summed E-state index contributed by atoms with van der Waals surface area (Å²) in [6.45, 7) is 5.49. The Balaban J connectivity index is 2.09. The molecule has 2 heterocycles. The Kier molecular flexibility index (Phi) is 4.18. The van der Waals surface area contributed by atoms with Gasteiger partial charge in [-0.15, -0.1) is 0 Å². The van der Waals surface area contributed by atoms with E-state index in [1.807, 2.05) is 0 Å². The molecule has 1 aliphatic rings. The third-order valence-corrected chi connectivity index (χ3v) is 3.27. The zero-order valence-electron chi connectivity index (χ0n) is 10.9. The Morgan fingerprint density at radius 1 is 1.24 bits per heavy atom. The maximum atomic E-state index is 4.39. The van der Waals surface area contributed by atoms with E-state index < -0.39 is 0 Å². The Hall–Kier alpha value is -1.32. The molecule has 0 spiro atoms. The van der Waals surface area contributed by atoms with Gasteiger partial charge in [0, 0.05) is 32.7 Å². The Morgan fingerprint density at radius 2 is 2.00 bits per heavy atom. The van der Waals surface area contributed by atoms with Crippen molar-refractivity contribution in [3.05, 3.63) is 12.4 Å². The first-order valence-corrected chi connectivity index (χ1v) is 6.59. The smallest absolute Gasteiger partial charge is 0.134 e. The molecule has 0 bridgehead atoms. The van der Waals surface area contributed by atoms with Crippen LogP contribution in [0.15, 0.2) is 12.4 Å². The summed E-state index contributed by atoms with van der Waals surface area (Å²) in [4.78, 5) is 13.3. The molecular formula is C13H22N4. The van der Waals surface area contributed by atoms with Crippen LogP contribution < -0.4 is 9.80 Å². The molecule has 1 fully saturated rings. The molecule has 94 valence electrons. The van der Waals surface area contributed by atoms with Crippen LogP contribution in [0.2, 0.25) is 0 Å². The van der Waals surface area contributed by atoms with Crippen molar-refractivity contribution in [3.8, 4) is 0 Å². The third kappa shape index (κ3) is 3.08. The molecule has 0 saturated carbocycles. The highest BCUT2D eigenvalue weighted by atomic mass is 15.2. The molecule has 0 atom stereocenters. The fourth-order valence-electron chi connectivity index (χ4n) is 2.29. The predicted molar refractivity (Wildman–Crippen MR) is 71.7 cm³/mol. The topological polar surface area (TPSA) is 32.3 Å². The Labute approximate surface area is 104 Å². The summed E-state index contributed by atoms with van der Waals surface area (Å²) in [5.74, 6) is 2.11. The number of nitrogens with zero attached hydrogens (tertiary/aromatic N) is 4. The highest BCUT2D eigenvalue weighted by molar-refractivity contribution is 5.49. The molecule has 0 amide bonds. The van der Waals surface area contributed by atoms with Gasteiger partial charge in [0.05, 0.1) is 0 Å². The minimum Gasteiger partial charge on any atom is -0.360 e. The number of rotatable bonds is 4. The summed E-state index contributed by atoms with van der Waals surface area (Å²) in [5.41, 5.74) is 0. The van der Waals surface area contributed by atoms with Crippen LogP contribution >= 0.6 is 0 Å². The molecule has 1 aromatic rings. The van der Waals surface area contributed by atoms with E-state index in [1.165, 1.54) is 19.3 Å². The van der Waals surface area contributed by atoms with Gasteiger partial charge in [0.2, 0.25) is 0 Å². The summed E-state index contributed by atoms with van der Waals surface area (Å²) in [6, 6.07) is 2.11. The maximum Gasteiger partial charge on any atom is 0.134 e. The lowest BCUT2D eigenvalue weighted by Crippen LogP contribution is -2.30. The van der Waals surface area contributed by atoms with Crippen molar-refractivity contribution < 1.29 is 0 Å². The van der Waals surface area contributed by atoms with E-state index in [4.69, 9.17) is 0 Å². The Morgan fingerprint density at radius 3 is 2.71 bits per heavy atom. The van der Waals surface area contributed by atoms with E-state index in [0.717, 1.165) is 37.7 Å². The van der Waals surface area contributed by atoms with Crippen LogP contribution in [0, 0.1) is 0 Å². The first kappa shape index (κ1) is 12.1. The highest BCUT2D eigenvalue weighted by Gasteiger charge is 2.13. The van der Waals surface area contributed by atoms with E-state index in [1.54, 1.807) is 6.33 Å². The van der Waals surface area contributed by atoms with Gasteiger partial charge < -0.3 is 9.80 Å². The van der Waals surface area contributed by atoms with Gasteiger partial charge in [-0.2, -0.15) is 0 Å². The lowest BCUT2D eigenvalue weighted by molar-refractivity contribution is 0.573. The number of hydrogen-bond acceptors (Lipinski definition) is 4. The van der Waals surface area contributed by atoms with E-state index in [2.05, 4.69) is 39.8 Å². The van der Waals surface area contributed by atoms with Gasteiger partial charge in [0.25, 0.3) is 0 Å². The summed E-state index contributed by atoms with van der Waals surface area (Å²) in [6.07, 6.45) is 6.74. The van der Waals surface area contributed by atoms with Crippen LogP contribution in [0.25, 0.3) is 0 Å². The molecule has 0 N–H and O–H groups in total. The van der Waals surface area contributed by atoms with Gasteiger partial charge in [0.1, 0.15) is 18.0 Å². The number of anilines is 2. The molecule has 4 heteroatoms. The van der Waals surface area contributed by atoms with Gasteiger partial charge in [-0.05, 0) is 25.7 Å². The first-order valence-electron chi connectivity index (χ1n) is 6.59. The van der Waals surface area contributed by atoms with Gasteiger partial charge in [-0.1, -0.05) is 6.92 Å². The molecular weight excluding hydrogens is 212 g/mol. The standard InChI is InChI=1S/C13H22N4/c1-3-7-16(2)12-10-13(15-11-14-12)17-8-5-4-6-9-17/h10-11H,3-9H2,1-2H3. The molecule has 0 aliphatic carbocycles. The molecule has 1 aromatic heterocycles. The number of hydrogen-bond donors (Lipinski definition) is 0. The normalized spacial score (nSPS) is 16.0. The third-order valence-electron chi connectivity index (χ3n) is 3.27. The monoisotopic (exact) mass is 234 g/mol. The predicted octanol–water partition coefficient (Wildman–Crippen LogP) is 2.31. The quantitative estimate of drug-likeness (QED) is 0.800. The van der Waals surface area contributed by atoms with Gasteiger partial charge in [-0.3, -0.25) is 0 Å². The van der Waals surface area contributed by atoms with Crippen molar-refractivity contribution in [3.63, 3.8) is 0 Å². The van der Waals surface area contributed by atoms with Crippen LogP contribution in [0.1, 0.15) is 32.6 Å². The summed E-state index contributed by atoms with van der Waals surface area (Å²) in [7, 11) is 2.09. The van der Waals surface area contributed by atoms with Crippen LogP contribution in [0.3, 0.4) is 0 Å². The largest absolute Gasteiger partial charge is 0.360 e. The van der Waals surface area contributed by atoms with Crippen molar-refractivity contribution in [2.45, 2.75) is 32.6 Å². The lowest BCUT2D eigenvalue weighted by atomic mass is 10.1.